The maximum absolute atomic E-state index is 10.6. The fourth-order valence-electron chi connectivity index (χ4n) is 2.71. The van der Waals surface area contributed by atoms with Gasteiger partial charge in [0.05, 0.1) is 6.54 Å². The predicted octanol–water partition coefficient (Wildman–Crippen LogP) is -0.152. The maximum Gasteiger partial charge on any atom is 0.415 e. The summed E-state index contributed by atoms with van der Waals surface area (Å²) in [5, 5.41) is 14.0. The first-order valence-corrected chi connectivity index (χ1v) is 6.39. The Bertz CT molecular complexity index is 471. The molecule has 0 unspecified atom stereocenters. The van der Waals surface area contributed by atoms with Gasteiger partial charge in [-0.3, -0.25) is 9.47 Å². The molecule has 0 aromatic carbocycles. The Balaban J connectivity index is 1.67. The largest absolute Gasteiger partial charge is 0.436 e. The van der Waals surface area contributed by atoms with Gasteiger partial charge >= 0.3 is 11.8 Å². The molecule has 0 saturated carbocycles. The minimum Gasteiger partial charge on any atom is -0.436 e. The van der Waals surface area contributed by atoms with Crippen LogP contribution in [0, 0.1) is 10.1 Å². The summed E-state index contributed by atoms with van der Waals surface area (Å²) in [5.41, 5.74) is -0.352. The summed E-state index contributed by atoms with van der Waals surface area (Å²) in [4.78, 5) is 16.4. The number of aromatic nitrogens is 2. The van der Waals surface area contributed by atoms with Crippen molar-refractivity contribution in [2.24, 2.45) is 0 Å². The molecule has 8 nitrogen and oxygen atoms in total. The molecule has 0 radical (unpaired) electrons. The highest BCUT2D eigenvalue weighted by atomic mass is 16.6. The summed E-state index contributed by atoms with van der Waals surface area (Å²) in [6.45, 7) is 7.43. The number of rotatable bonds is 3. The number of ether oxygens (including phenoxy) is 1. The van der Waals surface area contributed by atoms with Crippen molar-refractivity contribution in [3.05, 3.63) is 16.3 Å². The zero-order valence-electron chi connectivity index (χ0n) is 10.8. The summed E-state index contributed by atoms with van der Waals surface area (Å²) in [6, 6.07) is 0.351. The number of nitrogens with zero attached hydrogens (tertiary/aromatic N) is 4. The van der Waals surface area contributed by atoms with Crippen molar-refractivity contribution >= 4 is 5.82 Å². The van der Waals surface area contributed by atoms with Gasteiger partial charge < -0.3 is 20.2 Å². The molecule has 0 bridgehead atoms. The van der Waals surface area contributed by atoms with Gasteiger partial charge in [0.25, 0.3) is 0 Å². The van der Waals surface area contributed by atoms with Crippen LogP contribution in [0.2, 0.25) is 0 Å². The number of hydrogen-bond acceptors (Lipinski definition) is 6. The molecule has 1 aromatic heterocycles. The molecule has 3 rings (SSSR count). The third kappa shape index (κ3) is 2.41. The third-order valence-electron chi connectivity index (χ3n) is 3.52. The second-order valence-corrected chi connectivity index (χ2v) is 5.34. The summed E-state index contributed by atoms with van der Waals surface area (Å²) in [7, 11) is 0. The van der Waals surface area contributed by atoms with Gasteiger partial charge in [-0.1, -0.05) is 0 Å². The van der Waals surface area contributed by atoms with E-state index in [-0.39, 0.29) is 11.4 Å². The van der Waals surface area contributed by atoms with Gasteiger partial charge in [-0.25, -0.2) is 0 Å². The van der Waals surface area contributed by atoms with Crippen LogP contribution >= 0.6 is 0 Å². The van der Waals surface area contributed by atoms with Crippen LogP contribution in [-0.4, -0.2) is 57.7 Å². The number of piperazine rings is 1. The zero-order chi connectivity index (χ0) is 13.5. The van der Waals surface area contributed by atoms with Gasteiger partial charge in [-0.15, -0.1) is 0 Å². The van der Waals surface area contributed by atoms with Crippen LogP contribution in [0.5, 0.6) is 6.01 Å². The third-order valence-corrected chi connectivity index (χ3v) is 3.52. The molecule has 2 aliphatic rings. The van der Waals surface area contributed by atoms with Crippen molar-refractivity contribution < 1.29 is 9.66 Å². The van der Waals surface area contributed by atoms with E-state index in [1.54, 1.807) is 4.57 Å². The highest BCUT2D eigenvalue weighted by Crippen LogP contribution is 2.31. The fraction of sp³-hybridized carbons (Fsp3) is 0.727. The van der Waals surface area contributed by atoms with E-state index in [0.717, 1.165) is 32.7 Å². The monoisotopic (exact) mass is 267 g/mol. The topological polar surface area (TPSA) is 85.5 Å². The van der Waals surface area contributed by atoms with E-state index in [1.165, 1.54) is 6.20 Å². The van der Waals surface area contributed by atoms with Crippen molar-refractivity contribution in [1.82, 2.24) is 19.8 Å². The summed E-state index contributed by atoms with van der Waals surface area (Å²) < 4.78 is 7.54. The Morgan fingerprint density at radius 1 is 1.58 bits per heavy atom. The molecule has 0 amide bonds. The van der Waals surface area contributed by atoms with Crippen molar-refractivity contribution in [2.45, 2.75) is 19.1 Å². The second kappa shape index (κ2) is 4.46. The summed E-state index contributed by atoms with van der Waals surface area (Å²) >= 11 is 0. The molecular formula is C11H17N5O3. The fourth-order valence-corrected chi connectivity index (χ4v) is 2.71. The Hall–Kier alpha value is -1.67. The number of hydrogen-bond donors (Lipinski definition) is 1. The Morgan fingerprint density at radius 3 is 2.95 bits per heavy atom. The highest BCUT2D eigenvalue weighted by molar-refractivity contribution is 5.23. The van der Waals surface area contributed by atoms with Crippen LogP contribution in [0.15, 0.2) is 6.20 Å². The van der Waals surface area contributed by atoms with Gasteiger partial charge in [0, 0.05) is 37.7 Å². The average Bonchev–Trinajstić information content (AvgIpc) is 2.85. The Kier molecular flexibility index (Phi) is 2.90. The van der Waals surface area contributed by atoms with Crippen molar-refractivity contribution in [3.8, 4) is 6.01 Å². The van der Waals surface area contributed by atoms with Crippen molar-refractivity contribution in [2.75, 3.05) is 32.7 Å². The lowest BCUT2D eigenvalue weighted by atomic mass is 10.1. The average molecular weight is 267 g/mol. The second-order valence-electron chi connectivity index (χ2n) is 5.34. The lowest BCUT2D eigenvalue weighted by Gasteiger charge is -2.33. The molecule has 2 aliphatic heterocycles. The zero-order valence-corrected chi connectivity index (χ0v) is 10.8. The molecular weight excluding hydrogens is 250 g/mol. The smallest absolute Gasteiger partial charge is 0.415 e. The standard InChI is InChI=1S/C11H17N5O3/c1-11(7-14-4-2-12-3-5-14)8-15-6-9(16(17)18)13-10(15)19-11/h6,12H,2-5,7-8H2,1H3/t11-/m1/s1. The van der Waals surface area contributed by atoms with E-state index in [1.807, 2.05) is 6.92 Å². The van der Waals surface area contributed by atoms with Gasteiger partial charge in [-0.2, -0.15) is 0 Å². The lowest BCUT2D eigenvalue weighted by Crippen LogP contribution is -2.51. The molecule has 1 fully saturated rings. The minimum absolute atomic E-state index is 0.153. The molecule has 19 heavy (non-hydrogen) atoms. The van der Waals surface area contributed by atoms with Gasteiger partial charge in [-0.05, 0) is 11.8 Å². The summed E-state index contributed by atoms with van der Waals surface area (Å²) in [6.07, 6.45) is 1.44. The summed E-state index contributed by atoms with van der Waals surface area (Å²) in [5.74, 6) is -0.153. The lowest BCUT2D eigenvalue weighted by molar-refractivity contribution is -0.389. The number of nitro groups is 1. The first-order chi connectivity index (χ1) is 9.06. The van der Waals surface area contributed by atoms with E-state index < -0.39 is 4.92 Å². The molecule has 3 heterocycles. The van der Waals surface area contributed by atoms with Gasteiger partial charge in [0.15, 0.2) is 0 Å². The van der Waals surface area contributed by atoms with Crippen LogP contribution in [0.4, 0.5) is 5.82 Å². The molecule has 8 heteroatoms. The van der Waals surface area contributed by atoms with E-state index in [0.29, 0.717) is 12.6 Å². The predicted molar refractivity (Wildman–Crippen MR) is 67.2 cm³/mol. The number of fused-ring (bicyclic) bond motifs is 1. The number of imidazole rings is 1. The normalized spacial score (nSPS) is 27.0. The first kappa shape index (κ1) is 12.4. The van der Waals surface area contributed by atoms with Crippen LogP contribution in [0.25, 0.3) is 0 Å². The van der Waals surface area contributed by atoms with E-state index >= 15 is 0 Å². The first-order valence-electron chi connectivity index (χ1n) is 6.39. The SMILES string of the molecule is C[C@@]1(CN2CCNCC2)Cn2cc([N+](=O)[O-])nc2O1. The van der Waals surface area contributed by atoms with Crippen LogP contribution in [0.1, 0.15) is 6.92 Å². The minimum atomic E-state index is -0.498. The van der Waals surface area contributed by atoms with Crippen molar-refractivity contribution in [3.63, 3.8) is 0 Å². The van der Waals surface area contributed by atoms with Crippen LogP contribution in [-0.2, 0) is 6.54 Å². The maximum atomic E-state index is 10.6. The van der Waals surface area contributed by atoms with E-state index in [9.17, 15) is 10.1 Å². The highest BCUT2D eigenvalue weighted by Gasteiger charge is 2.41. The molecule has 1 saturated heterocycles. The molecule has 104 valence electrons. The quantitative estimate of drug-likeness (QED) is 0.605. The van der Waals surface area contributed by atoms with Gasteiger partial charge in [0.2, 0.25) is 0 Å². The molecule has 0 aliphatic carbocycles. The van der Waals surface area contributed by atoms with Crippen molar-refractivity contribution in [1.29, 1.82) is 0 Å². The molecule has 1 aromatic rings. The number of nitrogens with one attached hydrogen (secondary N) is 1. The molecule has 0 spiro atoms. The Morgan fingerprint density at radius 2 is 2.32 bits per heavy atom. The van der Waals surface area contributed by atoms with E-state index in [4.69, 9.17) is 4.74 Å². The van der Waals surface area contributed by atoms with Crippen LogP contribution in [0.3, 0.4) is 0 Å². The molecule has 1 N–H and O–H groups in total. The Labute approximate surface area is 110 Å². The van der Waals surface area contributed by atoms with E-state index in [2.05, 4.69) is 15.2 Å². The van der Waals surface area contributed by atoms with Crippen LogP contribution < -0.4 is 10.1 Å². The molecule has 1 atom stereocenters. The van der Waals surface area contributed by atoms with Gasteiger partial charge in [0.1, 0.15) is 11.8 Å².